The molecular weight excluding hydrogens is 452 g/mol. The van der Waals surface area contributed by atoms with Gasteiger partial charge in [-0.3, -0.25) is 0 Å². The Morgan fingerprint density at radius 3 is 2.39 bits per heavy atom. The summed E-state index contributed by atoms with van der Waals surface area (Å²) >= 11 is 4.24. The van der Waals surface area contributed by atoms with Crippen LogP contribution in [0, 0.1) is 0 Å². The van der Waals surface area contributed by atoms with Crippen LogP contribution in [-0.2, 0) is 6.54 Å². The zero-order valence-electron chi connectivity index (χ0n) is 10.1. The van der Waals surface area contributed by atoms with Crippen LogP contribution in [0.4, 0.5) is 5.69 Å². The minimum atomic E-state index is 0.827. The van der Waals surface area contributed by atoms with E-state index in [4.69, 9.17) is 4.74 Å². The average molecular weight is 467 g/mol. The van der Waals surface area contributed by atoms with E-state index in [1.165, 1.54) is 5.56 Å². The summed E-state index contributed by atoms with van der Waals surface area (Å²) in [6, 6.07) is 18.3. The van der Waals surface area contributed by atoms with Crippen LogP contribution < -0.4 is 10.1 Å². The molecule has 0 heterocycles. The number of halogens is 2. The zero-order chi connectivity index (χ0) is 13.2. The first-order valence-electron chi connectivity index (χ1n) is 5.44. The van der Waals surface area contributed by atoms with Gasteiger partial charge < -0.3 is 10.1 Å². The number of methoxy groups -OCH3 is 1. The number of hydrogen-bond donors (Lipinski definition) is 1. The highest BCUT2D eigenvalue weighted by Crippen LogP contribution is 2.17. The van der Waals surface area contributed by atoms with Crippen molar-refractivity contribution in [1.82, 2.24) is 0 Å². The molecule has 0 saturated heterocycles. The predicted molar refractivity (Wildman–Crippen MR) is 94.8 cm³/mol. The Morgan fingerprint density at radius 2 is 1.72 bits per heavy atom. The van der Waals surface area contributed by atoms with Crippen molar-refractivity contribution in [2.45, 2.75) is 6.54 Å². The molecule has 0 saturated carbocycles. The van der Waals surface area contributed by atoms with Gasteiger partial charge in [0.1, 0.15) is 5.75 Å². The van der Waals surface area contributed by atoms with Gasteiger partial charge in [-0.15, -0.1) is 0 Å². The molecule has 2 aromatic carbocycles. The maximum absolute atomic E-state index is 5.17. The molecule has 0 spiro atoms. The summed E-state index contributed by atoms with van der Waals surface area (Å²) < 4.78 is 5.17. The fraction of sp³-hybridized carbons (Fsp3) is 0.143. The van der Waals surface area contributed by atoms with Gasteiger partial charge in [-0.05, 0) is 17.7 Å². The Hall–Kier alpha value is -0.500. The first-order valence-corrected chi connectivity index (χ1v) is 11.7. The lowest BCUT2D eigenvalue weighted by atomic mass is 10.2. The van der Waals surface area contributed by atoms with E-state index in [0.717, 1.165) is 18.0 Å². The van der Waals surface area contributed by atoms with E-state index in [1.54, 1.807) is 7.11 Å². The Labute approximate surface area is 131 Å². The Morgan fingerprint density at radius 1 is 1.00 bits per heavy atom. The Balaban J connectivity index is 0.000000771. The number of hydrogen-bond acceptors (Lipinski definition) is 2. The predicted octanol–water partition coefficient (Wildman–Crippen LogP) is 5.08. The molecule has 0 aliphatic heterocycles. The van der Waals surface area contributed by atoms with Crippen LogP contribution in [0.1, 0.15) is 5.56 Å². The highest BCUT2D eigenvalue weighted by molar-refractivity contribution is 15.0. The zero-order valence-corrected chi connectivity index (χ0v) is 14.4. The van der Waals surface area contributed by atoms with E-state index < -0.39 is 0 Å². The van der Waals surface area contributed by atoms with Crippen molar-refractivity contribution in [3.05, 3.63) is 60.2 Å². The molecule has 1 N–H and O–H groups in total. The maximum atomic E-state index is 5.17. The minimum Gasteiger partial charge on any atom is -0.497 e. The largest absolute Gasteiger partial charge is 0.497 e. The van der Waals surface area contributed by atoms with Crippen molar-refractivity contribution < 1.29 is 4.74 Å². The van der Waals surface area contributed by atoms with E-state index in [-0.39, 0.29) is 0 Å². The van der Waals surface area contributed by atoms with Crippen LogP contribution in [0.5, 0.6) is 5.75 Å². The number of rotatable bonds is 4. The number of nitrogens with one attached hydrogen (secondary N) is 1. The molecule has 18 heavy (non-hydrogen) atoms. The third kappa shape index (κ3) is 5.43. The summed E-state index contributed by atoms with van der Waals surface area (Å²) in [5.41, 5.74) is 2.34. The second-order valence-corrected chi connectivity index (χ2v) is 3.57. The van der Waals surface area contributed by atoms with Crippen LogP contribution in [0.3, 0.4) is 0 Å². The topological polar surface area (TPSA) is 21.3 Å². The molecule has 96 valence electrons. The number of ether oxygens (including phenoxy) is 1. The molecule has 0 aliphatic rings. The molecule has 2 aromatic rings. The molecule has 0 fully saturated rings. The van der Waals surface area contributed by atoms with Crippen molar-refractivity contribution >= 4 is 42.9 Å². The third-order valence-corrected chi connectivity index (χ3v) is 2.41. The van der Waals surface area contributed by atoms with Gasteiger partial charge in [0.25, 0.3) is 0 Å². The molecule has 0 amide bonds. The Bertz CT molecular complexity index is 449. The summed E-state index contributed by atoms with van der Waals surface area (Å²) in [5, 5.41) is 3.36. The van der Waals surface area contributed by atoms with Gasteiger partial charge in [-0.2, -0.15) is 0 Å². The molecule has 0 radical (unpaired) electrons. The van der Waals surface area contributed by atoms with Gasteiger partial charge >= 0.3 is 0 Å². The molecule has 0 aromatic heterocycles. The molecule has 0 atom stereocenters. The van der Waals surface area contributed by atoms with Crippen LogP contribution in [0.15, 0.2) is 54.6 Å². The first-order chi connectivity index (χ1) is 8.88. The highest BCUT2D eigenvalue weighted by Gasteiger charge is 1.95. The molecule has 2 nitrogen and oxygen atoms in total. The molecule has 0 bridgehead atoms. The standard InChI is InChI=1S/C14H15NO.I2/c1-16-14-9-5-8-13(10-14)15-11-12-6-3-2-4-7-12;1-2/h2-10,15H,11H2,1H3;. The van der Waals surface area contributed by atoms with Crippen molar-refractivity contribution in [3.63, 3.8) is 0 Å². The number of benzene rings is 2. The smallest absolute Gasteiger partial charge is 0.120 e. The van der Waals surface area contributed by atoms with E-state index in [9.17, 15) is 0 Å². The van der Waals surface area contributed by atoms with E-state index >= 15 is 0 Å². The normalized spacial score (nSPS) is 9.06. The molecular formula is C14H15I2NO. The fourth-order valence-electron chi connectivity index (χ4n) is 1.53. The van der Waals surface area contributed by atoms with Crippen LogP contribution in [0.2, 0.25) is 0 Å². The van der Waals surface area contributed by atoms with Gasteiger partial charge in [0.2, 0.25) is 0 Å². The van der Waals surface area contributed by atoms with Crippen molar-refractivity contribution in [1.29, 1.82) is 0 Å². The summed E-state index contributed by atoms with van der Waals surface area (Å²) in [6.07, 6.45) is 0. The van der Waals surface area contributed by atoms with Crippen molar-refractivity contribution in [2.75, 3.05) is 12.4 Å². The van der Waals surface area contributed by atoms with E-state index in [0.29, 0.717) is 0 Å². The highest BCUT2D eigenvalue weighted by atomic mass is 128. The molecule has 0 aliphatic carbocycles. The van der Waals surface area contributed by atoms with Gasteiger partial charge in [0, 0.05) is 55.5 Å². The van der Waals surface area contributed by atoms with E-state index in [2.05, 4.69) is 54.7 Å². The second-order valence-electron chi connectivity index (χ2n) is 3.57. The van der Waals surface area contributed by atoms with Crippen molar-refractivity contribution in [3.8, 4) is 5.75 Å². The van der Waals surface area contributed by atoms with Gasteiger partial charge in [-0.25, -0.2) is 0 Å². The summed E-state index contributed by atoms with van der Waals surface area (Å²) in [4.78, 5) is 0. The third-order valence-electron chi connectivity index (χ3n) is 2.41. The molecule has 0 unspecified atom stereocenters. The average Bonchev–Trinajstić information content (AvgIpc) is 2.48. The first kappa shape index (κ1) is 15.6. The summed E-state index contributed by atoms with van der Waals surface area (Å²) in [6.45, 7) is 0.827. The van der Waals surface area contributed by atoms with Crippen LogP contribution >= 0.6 is 37.2 Å². The lowest BCUT2D eigenvalue weighted by molar-refractivity contribution is 0.415. The lowest BCUT2D eigenvalue weighted by Gasteiger charge is -2.07. The Kier molecular flexibility index (Phi) is 8.15. The van der Waals surface area contributed by atoms with Crippen molar-refractivity contribution in [2.24, 2.45) is 0 Å². The summed E-state index contributed by atoms with van der Waals surface area (Å²) in [5.74, 6) is 0.873. The van der Waals surface area contributed by atoms with Crippen LogP contribution in [-0.4, -0.2) is 7.11 Å². The van der Waals surface area contributed by atoms with E-state index in [1.807, 2.05) is 42.5 Å². The quantitative estimate of drug-likeness (QED) is 0.634. The van der Waals surface area contributed by atoms with Gasteiger partial charge in [0.05, 0.1) is 7.11 Å². The molecule has 4 heteroatoms. The minimum absolute atomic E-state index is 0.827. The van der Waals surface area contributed by atoms with Gasteiger partial charge in [0.15, 0.2) is 0 Å². The lowest BCUT2D eigenvalue weighted by Crippen LogP contribution is -1.99. The molecule has 2 rings (SSSR count). The van der Waals surface area contributed by atoms with Crippen LogP contribution in [0.25, 0.3) is 0 Å². The SMILES string of the molecule is COc1cccc(NCc2ccccc2)c1.II. The summed E-state index contributed by atoms with van der Waals surface area (Å²) in [7, 11) is 1.68. The van der Waals surface area contributed by atoms with Gasteiger partial charge in [-0.1, -0.05) is 36.4 Å². The second kappa shape index (κ2) is 9.43. The number of anilines is 1. The monoisotopic (exact) mass is 467 g/mol. The maximum Gasteiger partial charge on any atom is 0.120 e. The fourth-order valence-corrected chi connectivity index (χ4v) is 1.53.